The van der Waals surface area contributed by atoms with Gasteiger partial charge in [-0.3, -0.25) is 4.79 Å². The van der Waals surface area contributed by atoms with E-state index in [0.717, 1.165) is 17.3 Å². The molecule has 0 atom stereocenters. The van der Waals surface area contributed by atoms with Crippen molar-refractivity contribution in [3.63, 3.8) is 0 Å². The highest BCUT2D eigenvalue weighted by molar-refractivity contribution is 7.99. The summed E-state index contributed by atoms with van der Waals surface area (Å²) in [6.07, 6.45) is 2.27. The van der Waals surface area contributed by atoms with Gasteiger partial charge in [-0.05, 0) is 24.1 Å². The van der Waals surface area contributed by atoms with Gasteiger partial charge in [0.05, 0.1) is 5.75 Å². The molecule has 7 heteroatoms. The van der Waals surface area contributed by atoms with E-state index in [1.165, 1.54) is 12.1 Å². The van der Waals surface area contributed by atoms with Crippen LogP contribution in [0.4, 0.5) is 4.39 Å². The van der Waals surface area contributed by atoms with Crippen LogP contribution in [0, 0.1) is 5.82 Å². The van der Waals surface area contributed by atoms with Crippen LogP contribution in [0.25, 0.3) is 0 Å². The first-order valence-corrected chi connectivity index (χ1v) is 6.60. The Morgan fingerprint density at radius 3 is 2.79 bits per heavy atom. The first kappa shape index (κ1) is 13.5. The van der Waals surface area contributed by atoms with Gasteiger partial charge in [0, 0.05) is 6.54 Å². The van der Waals surface area contributed by atoms with Gasteiger partial charge in [-0.1, -0.05) is 23.9 Å². The maximum absolute atomic E-state index is 12.8. The summed E-state index contributed by atoms with van der Waals surface area (Å²) < 4.78 is 14.5. The molecule has 0 aliphatic carbocycles. The molecule has 1 aromatic carbocycles. The molecule has 0 aliphatic heterocycles. The Bertz CT molecular complexity index is 556. The Morgan fingerprint density at radius 2 is 2.11 bits per heavy atom. The lowest BCUT2D eigenvalue weighted by Crippen LogP contribution is -2.04. The lowest BCUT2D eigenvalue weighted by atomic mass is 10.1. The Kier molecular flexibility index (Phi) is 4.51. The molecular weight excluding hydrogens is 269 g/mol. The number of nitrogens with zero attached hydrogens (tertiary/aromatic N) is 3. The number of halogens is 1. The molecule has 2 rings (SSSR count). The van der Waals surface area contributed by atoms with Crippen molar-refractivity contribution in [1.82, 2.24) is 14.8 Å². The molecule has 0 fully saturated rings. The van der Waals surface area contributed by atoms with Crippen LogP contribution in [0.15, 0.2) is 35.7 Å². The Hall–Kier alpha value is -1.89. The Morgan fingerprint density at radius 1 is 1.37 bits per heavy atom. The van der Waals surface area contributed by atoms with Crippen LogP contribution in [0.3, 0.4) is 0 Å². The molecule has 0 amide bonds. The number of carboxylic acid groups (broad SMARTS) is 1. The second-order valence-electron chi connectivity index (χ2n) is 3.87. The van der Waals surface area contributed by atoms with Gasteiger partial charge in [-0.2, -0.15) is 0 Å². The van der Waals surface area contributed by atoms with Crippen molar-refractivity contribution >= 4 is 17.7 Å². The fourth-order valence-corrected chi connectivity index (χ4v) is 2.20. The molecule has 0 saturated heterocycles. The minimum absolute atomic E-state index is 0.0464. The molecule has 0 spiro atoms. The maximum atomic E-state index is 12.8. The topological polar surface area (TPSA) is 68.0 Å². The molecular formula is C12H12FN3O2S. The number of aliphatic carboxylic acids is 1. The second kappa shape index (κ2) is 6.33. The van der Waals surface area contributed by atoms with E-state index in [1.54, 1.807) is 23.0 Å². The van der Waals surface area contributed by atoms with E-state index in [-0.39, 0.29) is 11.6 Å². The minimum Gasteiger partial charge on any atom is -0.481 e. The molecule has 0 bridgehead atoms. The van der Waals surface area contributed by atoms with Gasteiger partial charge in [0.25, 0.3) is 0 Å². The first-order valence-electron chi connectivity index (χ1n) is 5.62. The fourth-order valence-electron chi connectivity index (χ4n) is 1.54. The molecule has 1 N–H and O–H groups in total. The van der Waals surface area contributed by atoms with Crippen LogP contribution in [0.5, 0.6) is 0 Å². The molecule has 0 unspecified atom stereocenters. The van der Waals surface area contributed by atoms with E-state index < -0.39 is 5.97 Å². The highest BCUT2D eigenvalue weighted by Crippen LogP contribution is 2.15. The van der Waals surface area contributed by atoms with Crippen molar-refractivity contribution in [2.45, 2.75) is 18.1 Å². The predicted octanol–water partition coefficient (Wildman–Crippen LogP) is 1.84. The van der Waals surface area contributed by atoms with Crippen molar-refractivity contribution in [3.8, 4) is 0 Å². The third-order valence-electron chi connectivity index (χ3n) is 2.46. The van der Waals surface area contributed by atoms with Crippen molar-refractivity contribution in [2.24, 2.45) is 0 Å². The van der Waals surface area contributed by atoms with Gasteiger partial charge >= 0.3 is 5.97 Å². The SMILES string of the molecule is O=C(O)CSc1nncn1CCc1ccc(F)cc1. The standard InChI is InChI=1S/C12H12FN3O2S/c13-10-3-1-9(2-4-10)5-6-16-8-14-15-12(16)19-7-11(17)18/h1-4,8H,5-7H2,(H,17,18). The second-order valence-corrected chi connectivity index (χ2v) is 4.81. The molecule has 2 aromatic rings. The summed E-state index contributed by atoms with van der Waals surface area (Å²) in [6.45, 7) is 0.626. The van der Waals surface area contributed by atoms with Crippen LogP contribution >= 0.6 is 11.8 Å². The van der Waals surface area contributed by atoms with Gasteiger partial charge in [0.15, 0.2) is 5.16 Å². The molecule has 0 radical (unpaired) electrons. The number of thioether (sulfide) groups is 1. The monoisotopic (exact) mass is 281 g/mol. The molecule has 1 heterocycles. The fraction of sp³-hybridized carbons (Fsp3) is 0.250. The molecule has 19 heavy (non-hydrogen) atoms. The number of aryl methyl sites for hydroxylation is 2. The van der Waals surface area contributed by atoms with Crippen LogP contribution in [0.1, 0.15) is 5.56 Å². The summed E-state index contributed by atoms with van der Waals surface area (Å²) in [7, 11) is 0. The average molecular weight is 281 g/mol. The quantitative estimate of drug-likeness (QED) is 0.818. The van der Waals surface area contributed by atoms with Crippen LogP contribution in [-0.4, -0.2) is 31.6 Å². The molecule has 100 valence electrons. The molecule has 0 saturated carbocycles. The van der Waals surface area contributed by atoms with E-state index in [4.69, 9.17) is 5.11 Å². The van der Waals surface area contributed by atoms with Crippen molar-refractivity contribution in [3.05, 3.63) is 42.0 Å². The van der Waals surface area contributed by atoms with Gasteiger partial charge in [0.1, 0.15) is 12.1 Å². The van der Waals surface area contributed by atoms with E-state index in [1.807, 2.05) is 0 Å². The number of rotatable bonds is 6. The summed E-state index contributed by atoms with van der Waals surface area (Å²) >= 11 is 1.13. The molecule has 5 nitrogen and oxygen atoms in total. The lowest BCUT2D eigenvalue weighted by Gasteiger charge is -2.05. The van der Waals surface area contributed by atoms with E-state index in [0.29, 0.717) is 18.1 Å². The van der Waals surface area contributed by atoms with E-state index in [2.05, 4.69) is 10.2 Å². The molecule has 1 aromatic heterocycles. The van der Waals surface area contributed by atoms with E-state index >= 15 is 0 Å². The van der Waals surface area contributed by atoms with E-state index in [9.17, 15) is 9.18 Å². The van der Waals surface area contributed by atoms with Gasteiger partial charge < -0.3 is 9.67 Å². The van der Waals surface area contributed by atoms with Crippen molar-refractivity contribution in [1.29, 1.82) is 0 Å². The van der Waals surface area contributed by atoms with Crippen molar-refractivity contribution in [2.75, 3.05) is 5.75 Å². The zero-order chi connectivity index (χ0) is 13.7. The third kappa shape index (κ3) is 4.06. The number of aromatic nitrogens is 3. The largest absolute Gasteiger partial charge is 0.481 e. The lowest BCUT2D eigenvalue weighted by molar-refractivity contribution is -0.133. The highest BCUT2D eigenvalue weighted by atomic mass is 32.2. The normalized spacial score (nSPS) is 10.6. The van der Waals surface area contributed by atoms with Crippen LogP contribution < -0.4 is 0 Å². The molecule has 0 aliphatic rings. The van der Waals surface area contributed by atoms with Crippen LogP contribution in [0.2, 0.25) is 0 Å². The summed E-state index contributed by atoms with van der Waals surface area (Å²) in [5.41, 5.74) is 1.00. The Balaban J connectivity index is 1.94. The zero-order valence-electron chi connectivity index (χ0n) is 9.99. The summed E-state index contributed by atoms with van der Waals surface area (Å²) in [5, 5.41) is 16.8. The third-order valence-corrected chi connectivity index (χ3v) is 3.43. The maximum Gasteiger partial charge on any atom is 0.313 e. The zero-order valence-corrected chi connectivity index (χ0v) is 10.8. The van der Waals surface area contributed by atoms with Crippen molar-refractivity contribution < 1.29 is 14.3 Å². The predicted molar refractivity (Wildman–Crippen MR) is 68.5 cm³/mol. The van der Waals surface area contributed by atoms with Gasteiger partial charge in [-0.15, -0.1) is 10.2 Å². The number of benzene rings is 1. The van der Waals surface area contributed by atoms with Crippen LogP contribution in [-0.2, 0) is 17.8 Å². The van der Waals surface area contributed by atoms with Gasteiger partial charge in [-0.25, -0.2) is 4.39 Å². The first-order chi connectivity index (χ1) is 9.15. The minimum atomic E-state index is -0.891. The van der Waals surface area contributed by atoms with Gasteiger partial charge in [0.2, 0.25) is 0 Å². The highest BCUT2D eigenvalue weighted by Gasteiger charge is 2.07. The number of hydrogen-bond donors (Lipinski definition) is 1. The summed E-state index contributed by atoms with van der Waals surface area (Å²) in [5.74, 6) is -1.20. The number of hydrogen-bond acceptors (Lipinski definition) is 4. The number of carbonyl (C=O) groups is 1. The summed E-state index contributed by atoms with van der Waals surface area (Å²) in [4.78, 5) is 10.5. The Labute approximate surface area is 113 Å². The number of carboxylic acids is 1. The smallest absolute Gasteiger partial charge is 0.313 e. The summed E-state index contributed by atoms with van der Waals surface area (Å²) in [6, 6.07) is 6.29. The average Bonchev–Trinajstić information content (AvgIpc) is 2.83.